The number of halogens is 2. The first-order valence-electron chi connectivity index (χ1n) is 10.2. The minimum atomic E-state index is -1.13. The van der Waals surface area contributed by atoms with Crippen LogP contribution in [0.25, 0.3) is 12.2 Å². The molecule has 0 spiro atoms. The normalized spacial score (nSPS) is 11.9. The summed E-state index contributed by atoms with van der Waals surface area (Å²) in [7, 11) is 1.54. The van der Waals surface area contributed by atoms with Gasteiger partial charge in [0.15, 0.2) is 0 Å². The summed E-state index contributed by atoms with van der Waals surface area (Å²) in [5, 5.41) is 11.6. The van der Waals surface area contributed by atoms with Crippen molar-refractivity contribution in [2.24, 2.45) is 0 Å². The Morgan fingerprint density at radius 1 is 1.09 bits per heavy atom. The number of ether oxygens (including phenoxy) is 2. The molecule has 0 aliphatic heterocycles. The van der Waals surface area contributed by atoms with Crippen molar-refractivity contribution in [2.45, 2.75) is 13.0 Å². The Kier molecular flexibility index (Phi) is 8.05. The van der Waals surface area contributed by atoms with Crippen molar-refractivity contribution in [1.29, 1.82) is 0 Å². The van der Waals surface area contributed by atoms with Crippen molar-refractivity contribution in [3.05, 3.63) is 88.6 Å². The first kappa shape index (κ1) is 24.5. The molecular formula is C25H22F2N2O5. The minimum Gasteiger partial charge on any atom is -0.488 e. The molecule has 0 fully saturated rings. The van der Waals surface area contributed by atoms with Gasteiger partial charge in [0, 0.05) is 30.5 Å². The molecule has 0 saturated carbocycles. The van der Waals surface area contributed by atoms with Crippen LogP contribution in [0.1, 0.15) is 38.8 Å². The maximum Gasteiger partial charge on any atom is 0.337 e. The summed E-state index contributed by atoms with van der Waals surface area (Å²) >= 11 is 0. The van der Waals surface area contributed by atoms with Crippen molar-refractivity contribution in [3.63, 3.8) is 0 Å². The highest BCUT2D eigenvalue weighted by Gasteiger charge is 2.13. The highest BCUT2D eigenvalue weighted by molar-refractivity contribution is 6.04. The highest BCUT2D eigenvalue weighted by atomic mass is 19.1. The van der Waals surface area contributed by atoms with Gasteiger partial charge in [-0.25, -0.2) is 18.6 Å². The molecule has 9 heteroatoms. The summed E-state index contributed by atoms with van der Waals surface area (Å²) in [6.45, 7) is 2.12. The Bertz CT molecular complexity index is 1210. The Labute approximate surface area is 194 Å². The van der Waals surface area contributed by atoms with Gasteiger partial charge in [-0.05, 0) is 55.0 Å². The Balaban J connectivity index is 1.89. The molecule has 1 heterocycles. The number of aromatic nitrogens is 1. The molecule has 0 bridgehead atoms. The van der Waals surface area contributed by atoms with Crippen molar-refractivity contribution in [1.82, 2.24) is 4.98 Å². The second-order valence-electron chi connectivity index (χ2n) is 7.37. The summed E-state index contributed by atoms with van der Waals surface area (Å²) < 4.78 is 38.0. The molecule has 1 atom stereocenters. The maximum absolute atomic E-state index is 14.0. The third kappa shape index (κ3) is 6.69. The van der Waals surface area contributed by atoms with Gasteiger partial charge in [-0.1, -0.05) is 12.2 Å². The molecule has 176 valence electrons. The van der Waals surface area contributed by atoms with E-state index in [1.54, 1.807) is 25.1 Å². The number of nitrogens with one attached hydrogen (secondary N) is 1. The molecule has 0 saturated heterocycles. The number of rotatable bonds is 9. The number of amides is 1. The minimum absolute atomic E-state index is 0.0130. The lowest BCUT2D eigenvalue weighted by Crippen LogP contribution is -2.19. The third-order valence-electron chi connectivity index (χ3n) is 4.60. The van der Waals surface area contributed by atoms with Crippen LogP contribution in [0.2, 0.25) is 0 Å². The van der Waals surface area contributed by atoms with E-state index in [0.717, 1.165) is 18.3 Å². The van der Waals surface area contributed by atoms with Crippen LogP contribution in [0.5, 0.6) is 5.75 Å². The number of nitrogens with zero attached hydrogens (tertiary/aromatic N) is 1. The number of carbonyl (C=O) groups excluding carboxylic acids is 1. The van der Waals surface area contributed by atoms with E-state index in [1.807, 2.05) is 0 Å². The van der Waals surface area contributed by atoms with Gasteiger partial charge < -0.3 is 19.9 Å². The van der Waals surface area contributed by atoms with Gasteiger partial charge >= 0.3 is 5.97 Å². The molecule has 0 aliphatic rings. The molecule has 7 nitrogen and oxygen atoms in total. The molecule has 0 radical (unpaired) electrons. The predicted molar refractivity (Wildman–Crippen MR) is 123 cm³/mol. The number of pyridine rings is 1. The van der Waals surface area contributed by atoms with Crippen LogP contribution in [0.4, 0.5) is 14.6 Å². The monoisotopic (exact) mass is 468 g/mol. The first-order chi connectivity index (χ1) is 16.2. The van der Waals surface area contributed by atoms with E-state index in [1.165, 1.54) is 37.5 Å². The molecule has 0 unspecified atom stereocenters. The van der Waals surface area contributed by atoms with Crippen LogP contribution >= 0.6 is 0 Å². The number of carbonyl (C=O) groups is 2. The SMILES string of the molecule is COC[C@H](C)Oc1cc(/C=C/c2ccc(F)cc2F)cc(C(=O)Nc2ccc(C(=O)O)cn2)c1. The van der Waals surface area contributed by atoms with E-state index in [9.17, 15) is 18.4 Å². The molecule has 0 aliphatic carbocycles. The molecule has 34 heavy (non-hydrogen) atoms. The lowest BCUT2D eigenvalue weighted by molar-refractivity contribution is 0.0696. The van der Waals surface area contributed by atoms with Crippen LogP contribution in [0, 0.1) is 11.6 Å². The Hall–Kier alpha value is -4.11. The summed E-state index contributed by atoms with van der Waals surface area (Å²) in [5.41, 5.74) is 0.922. The topological polar surface area (TPSA) is 97.8 Å². The molecule has 2 N–H and O–H groups in total. The predicted octanol–water partition coefficient (Wildman–Crippen LogP) is 4.89. The number of methoxy groups -OCH3 is 1. The molecule has 1 aromatic heterocycles. The van der Waals surface area contributed by atoms with Gasteiger partial charge in [-0.15, -0.1) is 0 Å². The number of carboxylic acid groups (broad SMARTS) is 1. The number of hydrogen-bond donors (Lipinski definition) is 2. The number of aromatic carboxylic acids is 1. The zero-order chi connectivity index (χ0) is 24.7. The Morgan fingerprint density at radius 2 is 1.88 bits per heavy atom. The van der Waals surface area contributed by atoms with Crippen LogP contribution < -0.4 is 10.1 Å². The number of anilines is 1. The Morgan fingerprint density at radius 3 is 2.53 bits per heavy atom. The van der Waals surface area contributed by atoms with Crippen LogP contribution in [-0.2, 0) is 4.74 Å². The zero-order valence-corrected chi connectivity index (χ0v) is 18.4. The van der Waals surface area contributed by atoms with Gasteiger partial charge in [0.2, 0.25) is 0 Å². The van der Waals surface area contributed by atoms with E-state index in [0.29, 0.717) is 17.9 Å². The van der Waals surface area contributed by atoms with Gasteiger partial charge in [0.1, 0.15) is 29.3 Å². The summed E-state index contributed by atoms with van der Waals surface area (Å²) in [4.78, 5) is 27.7. The zero-order valence-electron chi connectivity index (χ0n) is 18.4. The summed E-state index contributed by atoms with van der Waals surface area (Å²) in [6, 6.07) is 10.7. The first-order valence-corrected chi connectivity index (χ1v) is 10.2. The second-order valence-corrected chi connectivity index (χ2v) is 7.37. The van der Waals surface area contributed by atoms with E-state index in [2.05, 4.69) is 10.3 Å². The molecule has 3 rings (SSSR count). The average molecular weight is 468 g/mol. The smallest absolute Gasteiger partial charge is 0.337 e. The summed E-state index contributed by atoms with van der Waals surface area (Å²) in [6.07, 6.45) is 3.86. The fourth-order valence-corrected chi connectivity index (χ4v) is 3.02. The standard InChI is InChI=1S/C25H22F2N2O5/c1-15(14-33-2)34-21-10-16(3-4-17-5-7-20(26)12-22(17)27)9-19(11-21)24(30)29-23-8-6-18(13-28-23)25(31)32/h3-13,15H,14H2,1-2H3,(H,31,32)(H,28,29,30)/b4-3+/t15-/m0/s1. The molecule has 3 aromatic rings. The number of benzene rings is 2. The molecule has 2 aromatic carbocycles. The molecule has 1 amide bonds. The number of carboxylic acids is 1. The second kappa shape index (κ2) is 11.2. The van der Waals surface area contributed by atoms with Gasteiger partial charge in [-0.2, -0.15) is 0 Å². The number of hydrogen-bond acceptors (Lipinski definition) is 5. The van der Waals surface area contributed by atoms with Crippen LogP contribution in [0.15, 0.2) is 54.7 Å². The van der Waals surface area contributed by atoms with E-state index < -0.39 is 23.5 Å². The van der Waals surface area contributed by atoms with Crippen molar-refractivity contribution >= 4 is 29.8 Å². The highest BCUT2D eigenvalue weighted by Crippen LogP contribution is 2.22. The van der Waals surface area contributed by atoms with Crippen molar-refractivity contribution in [3.8, 4) is 5.75 Å². The van der Waals surface area contributed by atoms with E-state index >= 15 is 0 Å². The van der Waals surface area contributed by atoms with E-state index in [-0.39, 0.29) is 28.6 Å². The summed E-state index contributed by atoms with van der Waals surface area (Å²) in [5.74, 6) is -2.49. The van der Waals surface area contributed by atoms with Crippen molar-refractivity contribution in [2.75, 3.05) is 19.0 Å². The quantitative estimate of drug-likeness (QED) is 0.434. The fourth-order valence-electron chi connectivity index (χ4n) is 3.02. The third-order valence-corrected chi connectivity index (χ3v) is 4.60. The fraction of sp³-hybridized carbons (Fsp3) is 0.160. The lowest BCUT2D eigenvalue weighted by atomic mass is 10.1. The average Bonchev–Trinajstić information content (AvgIpc) is 2.79. The maximum atomic E-state index is 14.0. The largest absolute Gasteiger partial charge is 0.488 e. The van der Waals surface area contributed by atoms with Crippen LogP contribution in [-0.4, -0.2) is 41.8 Å². The lowest BCUT2D eigenvalue weighted by Gasteiger charge is -2.15. The van der Waals surface area contributed by atoms with E-state index in [4.69, 9.17) is 14.6 Å². The molecular weight excluding hydrogens is 446 g/mol. The van der Waals surface area contributed by atoms with Crippen molar-refractivity contribution < 1.29 is 33.0 Å². The van der Waals surface area contributed by atoms with Gasteiger partial charge in [0.25, 0.3) is 5.91 Å². The van der Waals surface area contributed by atoms with Gasteiger partial charge in [0.05, 0.1) is 12.2 Å². The van der Waals surface area contributed by atoms with Crippen LogP contribution in [0.3, 0.4) is 0 Å². The van der Waals surface area contributed by atoms with Gasteiger partial charge in [-0.3, -0.25) is 4.79 Å².